The fourth-order valence-electron chi connectivity index (χ4n) is 2.00. The van der Waals surface area contributed by atoms with Crippen molar-refractivity contribution >= 4 is 39.6 Å². The van der Waals surface area contributed by atoms with Crippen LogP contribution in [0.4, 0.5) is 4.39 Å². The van der Waals surface area contributed by atoms with E-state index in [0.717, 1.165) is 5.39 Å². The molecule has 3 aromatic rings. The lowest BCUT2D eigenvalue weighted by atomic mass is 10.1. The molecule has 0 saturated carbocycles. The van der Waals surface area contributed by atoms with Crippen molar-refractivity contribution in [1.82, 2.24) is 0 Å². The molecule has 5 heteroatoms. The number of rotatable bonds is 3. The molecule has 1 aromatic heterocycles. The van der Waals surface area contributed by atoms with Crippen molar-refractivity contribution in [3.8, 4) is 0 Å². The van der Waals surface area contributed by atoms with Crippen molar-refractivity contribution in [2.24, 2.45) is 5.73 Å². The van der Waals surface area contributed by atoms with Crippen molar-refractivity contribution in [2.75, 3.05) is 5.75 Å². The molecule has 0 saturated heterocycles. The predicted octanol–water partition coefficient (Wildman–Crippen LogP) is 3.30. The van der Waals surface area contributed by atoms with Gasteiger partial charge in [-0.05, 0) is 18.2 Å². The van der Waals surface area contributed by atoms with E-state index in [0.29, 0.717) is 15.9 Å². The van der Waals surface area contributed by atoms with E-state index in [-0.39, 0.29) is 11.3 Å². The van der Waals surface area contributed by atoms with Crippen LogP contribution >= 0.6 is 11.8 Å². The Balaban J connectivity index is 2.17. The first-order valence-corrected chi connectivity index (χ1v) is 6.65. The summed E-state index contributed by atoms with van der Waals surface area (Å²) in [6.45, 7) is 0. The highest BCUT2D eigenvalue weighted by Crippen LogP contribution is 2.33. The monoisotopic (exact) mass is 275 g/mol. The Bertz CT molecular complexity index is 782. The summed E-state index contributed by atoms with van der Waals surface area (Å²) < 4.78 is 19.5. The summed E-state index contributed by atoms with van der Waals surface area (Å²) in [5.74, 6) is -0.732. The van der Waals surface area contributed by atoms with Crippen molar-refractivity contribution in [2.45, 2.75) is 4.90 Å². The lowest BCUT2D eigenvalue weighted by molar-refractivity contribution is -0.115. The lowest BCUT2D eigenvalue weighted by Crippen LogP contribution is -2.12. The number of carbonyl (C=O) groups excluding carboxylic acids is 1. The zero-order valence-electron chi connectivity index (χ0n) is 9.85. The Hall–Kier alpha value is -2.01. The van der Waals surface area contributed by atoms with Crippen LogP contribution in [0.15, 0.2) is 45.7 Å². The molecule has 0 atom stereocenters. The first kappa shape index (κ1) is 12.0. The maximum Gasteiger partial charge on any atom is 0.227 e. The molecule has 2 aromatic carbocycles. The SMILES string of the molecule is NC(=O)CSc1cc(F)c2oc3ccccc3c2c1. The van der Waals surface area contributed by atoms with E-state index in [9.17, 15) is 9.18 Å². The van der Waals surface area contributed by atoms with E-state index in [2.05, 4.69) is 0 Å². The van der Waals surface area contributed by atoms with Crippen LogP contribution in [0, 0.1) is 5.82 Å². The van der Waals surface area contributed by atoms with Gasteiger partial charge in [0.15, 0.2) is 11.4 Å². The number of carbonyl (C=O) groups is 1. The smallest absolute Gasteiger partial charge is 0.227 e. The summed E-state index contributed by atoms with van der Waals surface area (Å²) in [4.78, 5) is 11.4. The third kappa shape index (κ3) is 2.17. The van der Waals surface area contributed by atoms with Crippen molar-refractivity contribution in [3.63, 3.8) is 0 Å². The van der Waals surface area contributed by atoms with Gasteiger partial charge >= 0.3 is 0 Å². The average Bonchev–Trinajstić information content (AvgIpc) is 2.76. The topological polar surface area (TPSA) is 56.2 Å². The van der Waals surface area contributed by atoms with Crippen molar-refractivity contribution in [3.05, 3.63) is 42.2 Å². The molecule has 0 aliphatic carbocycles. The van der Waals surface area contributed by atoms with Crippen LogP contribution in [-0.2, 0) is 4.79 Å². The van der Waals surface area contributed by atoms with Gasteiger partial charge in [0, 0.05) is 15.7 Å². The highest BCUT2D eigenvalue weighted by molar-refractivity contribution is 8.00. The number of halogens is 1. The third-order valence-corrected chi connectivity index (χ3v) is 3.79. The number of furan rings is 1. The van der Waals surface area contributed by atoms with Crippen LogP contribution in [-0.4, -0.2) is 11.7 Å². The largest absolute Gasteiger partial charge is 0.453 e. The number of fused-ring (bicyclic) bond motifs is 3. The summed E-state index contributed by atoms with van der Waals surface area (Å²) >= 11 is 1.21. The van der Waals surface area contributed by atoms with Gasteiger partial charge in [-0.1, -0.05) is 18.2 Å². The van der Waals surface area contributed by atoms with E-state index in [4.69, 9.17) is 10.2 Å². The maximum atomic E-state index is 14.0. The van der Waals surface area contributed by atoms with Gasteiger partial charge in [0.25, 0.3) is 0 Å². The van der Waals surface area contributed by atoms with Crippen LogP contribution in [0.1, 0.15) is 0 Å². The Labute approximate surface area is 112 Å². The number of nitrogens with two attached hydrogens (primary N) is 1. The number of benzene rings is 2. The summed E-state index contributed by atoms with van der Waals surface area (Å²) in [6, 6.07) is 10.6. The Morgan fingerprint density at radius 3 is 2.84 bits per heavy atom. The van der Waals surface area contributed by atoms with Crippen LogP contribution in [0.3, 0.4) is 0 Å². The number of primary amides is 1. The minimum Gasteiger partial charge on any atom is -0.453 e. The maximum absolute atomic E-state index is 14.0. The standard InChI is InChI=1S/C14H10FNO2S/c15-11-6-8(19-7-13(16)17)5-10-9-3-1-2-4-12(9)18-14(10)11/h1-6H,7H2,(H2,16,17). The molecule has 0 bridgehead atoms. The number of hydrogen-bond donors (Lipinski definition) is 1. The minimum absolute atomic E-state index is 0.126. The van der Waals surface area contributed by atoms with E-state index in [1.807, 2.05) is 24.3 Å². The van der Waals surface area contributed by atoms with Gasteiger partial charge in [0.2, 0.25) is 5.91 Å². The number of thioether (sulfide) groups is 1. The molecule has 3 nitrogen and oxygen atoms in total. The van der Waals surface area contributed by atoms with Crippen molar-refractivity contribution < 1.29 is 13.6 Å². The molecule has 1 heterocycles. The fourth-order valence-corrected chi connectivity index (χ4v) is 2.70. The van der Waals surface area contributed by atoms with E-state index in [1.165, 1.54) is 17.8 Å². The molecule has 3 rings (SSSR count). The lowest BCUT2D eigenvalue weighted by Gasteiger charge is -2.00. The third-order valence-electron chi connectivity index (χ3n) is 2.79. The molecule has 0 aliphatic heterocycles. The molecule has 0 spiro atoms. The van der Waals surface area contributed by atoms with Gasteiger partial charge < -0.3 is 10.2 Å². The quantitative estimate of drug-likeness (QED) is 0.746. The summed E-state index contributed by atoms with van der Waals surface area (Å²) in [5.41, 5.74) is 5.98. The molecule has 0 unspecified atom stereocenters. The average molecular weight is 275 g/mol. The molecule has 19 heavy (non-hydrogen) atoms. The second kappa shape index (κ2) is 4.59. The van der Waals surface area contributed by atoms with Gasteiger partial charge in [0.05, 0.1) is 5.75 Å². The number of hydrogen-bond acceptors (Lipinski definition) is 3. The van der Waals surface area contributed by atoms with Gasteiger partial charge in [-0.25, -0.2) is 4.39 Å². The second-order valence-electron chi connectivity index (χ2n) is 4.13. The van der Waals surface area contributed by atoms with Crippen LogP contribution in [0.25, 0.3) is 21.9 Å². The molecule has 0 fully saturated rings. The molecule has 1 amide bonds. The zero-order valence-corrected chi connectivity index (χ0v) is 10.7. The highest BCUT2D eigenvalue weighted by Gasteiger charge is 2.12. The molecular formula is C14H10FNO2S. The van der Waals surface area contributed by atoms with Gasteiger partial charge in [-0.3, -0.25) is 4.79 Å². The Morgan fingerprint density at radius 1 is 1.26 bits per heavy atom. The fraction of sp³-hybridized carbons (Fsp3) is 0.0714. The second-order valence-corrected chi connectivity index (χ2v) is 5.18. The normalized spacial score (nSPS) is 11.2. The molecular weight excluding hydrogens is 265 g/mol. The first-order chi connectivity index (χ1) is 9.15. The Kier molecular flexibility index (Phi) is 2.91. The molecule has 96 valence electrons. The molecule has 0 radical (unpaired) electrons. The first-order valence-electron chi connectivity index (χ1n) is 5.67. The van der Waals surface area contributed by atoms with E-state index < -0.39 is 11.7 Å². The summed E-state index contributed by atoms with van der Waals surface area (Å²) in [6.07, 6.45) is 0. The van der Waals surface area contributed by atoms with Gasteiger partial charge in [-0.15, -0.1) is 11.8 Å². The van der Waals surface area contributed by atoms with Crippen LogP contribution in [0.5, 0.6) is 0 Å². The van der Waals surface area contributed by atoms with Crippen LogP contribution in [0.2, 0.25) is 0 Å². The minimum atomic E-state index is -0.430. The van der Waals surface area contributed by atoms with E-state index >= 15 is 0 Å². The summed E-state index contributed by atoms with van der Waals surface area (Å²) in [7, 11) is 0. The van der Waals surface area contributed by atoms with Gasteiger partial charge in [0.1, 0.15) is 5.58 Å². The molecule has 2 N–H and O–H groups in total. The molecule has 0 aliphatic rings. The van der Waals surface area contributed by atoms with Gasteiger partial charge in [-0.2, -0.15) is 0 Å². The highest BCUT2D eigenvalue weighted by atomic mass is 32.2. The zero-order chi connectivity index (χ0) is 13.4. The van der Waals surface area contributed by atoms with Crippen LogP contribution < -0.4 is 5.73 Å². The summed E-state index contributed by atoms with van der Waals surface area (Å²) in [5, 5.41) is 1.57. The van der Waals surface area contributed by atoms with Crippen molar-refractivity contribution in [1.29, 1.82) is 0 Å². The predicted molar refractivity (Wildman–Crippen MR) is 73.6 cm³/mol. The van der Waals surface area contributed by atoms with E-state index in [1.54, 1.807) is 6.07 Å². The number of para-hydroxylation sites is 1. The Morgan fingerprint density at radius 2 is 2.05 bits per heavy atom. The number of amides is 1.